The summed E-state index contributed by atoms with van der Waals surface area (Å²) in [5, 5.41) is 0. The number of rotatable bonds is 5. The second-order valence-electron chi connectivity index (χ2n) is 8.02. The molecule has 0 unspecified atom stereocenters. The molecule has 0 radical (unpaired) electrons. The summed E-state index contributed by atoms with van der Waals surface area (Å²) in [6, 6.07) is 14.2. The molecule has 0 spiro atoms. The van der Waals surface area contributed by atoms with Crippen molar-refractivity contribution in [2.24, 2.45) is 5.92 Å². The van der Waals surface area contributed by atoms with Crippen LogP contribution in [0.5, 0.6) is 5.75 Å². The van der Waals surface area contributed by atoms with E-state index in [4.69, 9.17) is 4.74 Å². The summed E-state index contributed by atoms with van der Waals surface area (Å²) in [6.07, 6.45) is 3.10. The van der Waals surface area contributed by atoms with Gasteiger partial charge in [0, 0.05) is 25.9 Å². The van der Waals surface area contributed by atoms with Crippen molar-refractivity contribution in [3.8, 4) is 5.75 Å². The van der Waals surface area contributed by atoms with Crippen LogP contribution in [-0.2, 0) is 16.0 Å². The van der Waals surface area contributed by atoms with Crippen LogP contribution in [0, 0.1) is 11.7 Å². The molecule has 2 aliphatic heterocycles. The van der Waals surface area contributed by atoms with Gasteiger partial charge in [0.05, 0.1) is 12.2 Å². The van der Waals surface area contributed by atoms with Crippen molar-refractivity contribution in [3.05, 3.63) is 59.9 Å². The van der Waals surface area contributed by atoms with Gasteiger partial charge in [0.2, 0.25) is 11.8 Å². The zero-order valence-electron chi connectivity index (χ0n) is 17.1. The van der Waals surface area contributed by atoms with Gasteiger partial charge in [-0.05, 0) is 55.0 Å². The van der Waals surface area contributed by atoms with Gasteiger partial charge in [0.15, 0.2) is 0 Å². The largest absolute Gasteiger partial charge is 0.490 e. The van der Waals surface area contributed by atoms with Gasteiger partial charge in [0.1, 0.15) is 18.2 Å². The maximum Gasteiger partial charge on any atom is 0.227 e. The van der Waals surface area contributed by atoms with E-state index in [1.807, 2.05) is 35.2 Å². The van der Waals surface area contributed by atoms with E-state index >= 15 is 0 Å². The topological polar surface area (TPSA) is 49.9 Å². The Morgan fingerprint density at radius 2 is 1.73 bits per heavy atom. The molecule has 1 saturated heterocycles. The maximum absolute atomic E-state index is 13.4. The second kappa shape index (κ2) is 9.28. The van der Waals surface area contributed by atoms with Crippen molar-refractivity contribution in [2.45, 2.75) is 32.1 Å². The Kier molecular flexibility index (Phi) is 6.31. The number of hydrogen-bond donors (Lipinski definition) is 0. The summed E-state index contributed by atoms with van der Waals surface area (Å²) < 4.78 is 19.0. The Hall–Kier alpha value is -2.89. The van der Waals surface area contributed by atoms with Gasteiger partial charge in [-0.2, -0.15) is 0 Å². The van der Waals surface area contributed by atoms with Crippen LogP contribution in [0.2, 0.25) is 0 Å². The number of anilines is 1. The molecule has 0 bridgehead atoms. The highest BCUT2D eigenvalue weighted by molar-refractivity contribution is 5.97. The molecule has 4 rings (SSSR count). The van der Waals surface area contributed by atoms with Crippen molar-refractivity contribution in [2.75, 3.05) is 31.1 Å². The van der Waals surface area contributed by atoms with Crippen molar-refractivity contribution >= 4 is 17.5 Å². The molecule has 5 nitrogen and oxygen atoms in total. The molecule has 30 heavy (non-hydrogen) atoms. The summed E-state index contributed by atoms with van der Waals surface area (Å²) in [6.45, 7) is 2.38. The van der Waals surface area contributed by atoms with E-state index < -0.39 is 0 Å². The monoisotopic (exact) mass is 410 g/mol. The van der Waals surface area contributed by atoms with Crippen molar-refractivity contribution in [1.29, 1.82) is 0 Å². The fourth-order valence-electron chi connectivity index (χ4n) is 4.32. The first-order chi connectivity index (χ1) is 14.6. The number of nitrogens with zero attached hydrogens (tertiary/aromatic N) is 2. The molecule has 0 aliphatic carbocycles. The van der Waals surface area contributed by atoms with Crippen molar-refractivity contribution in [3.63, 3.8) is 0 Å². The lowest BCUT2D eigenvalue weighted by Crippen LogP contribution is -2.41. The lowest BCUT2D eigenvalue weighted by molar-refractivity contribution is -0.134. The first-order valence-corrected chi connectivity index (χ1v) is 10.6. The molecular formula is C24H27FN2O3. The molecule has 0 aromatic heterocycles. The molecule has 0 saturated carbocycles. The molecule has 158 valence electrons. The summed E-state index contributed by atoms with van der Waals surface area (Å²) in [5.74, 6) is 0.966. The predicted octanol–water partition coefficient (Wildman–Crippen LogP) is 3.81. The third-order valence-corrected chi connectivity index (χ3v) is 5.96. The van der Waals surface area contributed by atoms with E-state index in [1.165, 1.54) is 6.07 Å². The van der Waals surface area contributed by atoms with Crippen LogP contribution in [0.1, 0.15) is 31.2 Å². The first-order valence-electron chi connectivity index (χ1n) is 10.6. The van der Waals surface area contributed by atoms with Crippen LogP contribution in [0.25, 0.3) is 0 Å². The van der Waals surface area contributed by atoms with Gasteiger partial charge in [-0.3, -0.25) is 9.59 Å². The summed E-state index contributed by atoms with van der Waals surface area (Å²) in [7, 11) is 0. The first kappa shape index (κ1) is 20.4. The molecule has 0 atom stereocenters. The average Bonchev–Trinajstić information content (AvgIpc) is 2.77. The smallest absolute Gasteiger partial charge is 0.227 e. The summed E-state index contributed by atoms with van der Waals surface area (Å²) >= 11 is 0. The number of likely N-dealkylation sites (tertiary alicyclic amines) is 1. The Bertz CT molecular complexity index is 909. The van der Waals surface area contributed by atoms with Gasteiger partial charge >= 0.3 is 0 Å². The number of ether oxygens (including phenoxy) is 1. The van der Waals surface area contributed by atoms with Crippen LogP contribution in [-0.4, -0.2) is 43.0 Å². The van der Waals surface area contributed by atoms with Crippen LogP contribution in [0.4, 0.5) is 10.1 Å². The van der Waals surface area contributed by atoms with Crippen LogP contribution < -0.4 is 9.64 Å². The van der Waals surface area contributed by atoms with Crippen molar-refractivity contribution < 1.29 is 18.7 Å². The van der Waals surface area contributed by atoms with Crippen molar-refractivity contribution in [1.82, 2.24) is 4.90 Å². The third-order valence-electron chi connectivity index (χ3n) is 5.96. The van der Waals surface area contributed by atoms with Crippen LogP contribution in [0.3, 0.4) is 0 Å². The van der Waals surface area contributed by atoms with Gasteiger partial charge in [-0.15, -0.1) is 0 Å². The molecule has 2 aliphatic rings. The second-order valence-corrected chi connectivity index (χ2v) is 8.02. The fraction of sp³-hybridized carbons (Fsp3) is 0.417. The minimum Gasteiger partial charge on any atom is -0.490 e. The predicted molar refractivity (Wildman–Crippen MR) is 113 cm³/mol. The van der Waals surface area contributed by atoms with E-state index in [1.54, 1.807) is 17.0 Å². The van der Waals surface area contributed by atoms with E-state index in [-0.39, 0.29) is 30.5 Å². The minimum absolute atomic E-state index is 0.0362. The molecule has 6 heteroatoms. The third kappa shape index (κ3) is 4.81. The SMILES string of the molecule is O=C(CCC(=O)N1CCOc2ccccc21)N1CCC(Cc2cccc(F)c2)CC1. The Labute approximate surface area is 176 Å². The lowest BCUT2D eigenvalue weighted by Gasteiger charge is -2.33. The number of para-hydroxylation sites is 2. The molecule has 2 heterocycles. The van der Waals surface area contributed by atoms with Crippen LogP contribution >= 0.6 is 0 Å². The number of carbonyl (C=O) groups excluding carboxylic acids is 2. The highest BCUT2D eigenvalue weighted by atomic mass is 19.1. The molecule has 1 fully saturated rings. The maximum atomic E-state index is 13.4. The number of amides is 2. The highest BCUT2D eigenvalue weighted by Crippen LogP contribution is 2.31. The van der Waals surface area contributed by atoms with Gasteiger partial charge in [-0.1, -0.05) is 24.3 Å². The number of fused-ring (bicyclic) bond motifs is 1. The Morgan fingerprint density at radius 1 is 0.967 bits per heavy atom. The molecule has 2 aromatic rings. The number of benzene rings is 2. The quantitative estimate of drug-likeness (QED) is 0.753. The number of halogens is 1. The zero-order valence-corrected chi connectivity index (χ0v) is 17.1. The number of piperidine rings is 1. The van der Waals surface area contributed by atoms with Gasteiger partial charge in [0.25, 0.3) is 0 Å². The Morgan fingerprint density at radius 3 is 2.53 bits per heavy atom. The van der Waals surface area contributed by atoms with E-state index in [9.17, 15) is 14.0 Å². The summed E-state index contributed by atoms with van der Waals surface area (Å²) in [5.41, 5.74) is 1.79. The van der Waals surface area contributed by atoms with E-state index in [0.29, 0.717) is 37.9 Å². The van der Waals surface area contributed by atoms with E-state index in [2.05, 4.69) is 0 Å². The summed E-state index contributed by atoms with van der Waals surface area (Å²) in [4.78, 5) is 28.9. The van der Waals surface area contributed by atoms with Gasteiger partial charge < -0.3 is 14.5 Å². The van der Waals surface area contributed by atoms with Gasteiger partial charge in [-0.25, -0.2) is 4.39 Å². The molecule has 2 aromatic carbocycles. The Balaban J connectivity index is 1.24. The standard InChI is InChI=1S/C24H27FN2O3/c25-20-5-3-4-19(17-20)16-18-10-12-26(13-11-18)23(28)8-9-24(29)27-14-15-30-22-7-2-1-6-21(22)27/h1-7,17-18H,8-16H2. The molecular weight excluding hydrogens is 383 g/mol. The number of carbonyl (C=O) groups is 2. The number of hydrogen-bond acceptors (Lipinski definition) is 3. The van der Waals surface area contributed by atoms with Crippen LogP contribution in [0.15, 0.2) is 48.5 Å². The fourth-order valence-corrected chi connectivity index (χ4v) is 4.32. The normalized spacial score (nSPS) is 16.7. The van der Waals surface area contributed by atoms with E-state index in [0.717, 1.165) is 30.5 Å². The lowest BCUT2D eigenvalue weighted by atomic mass is 9.90. The molecule has 0 N–H and O–H groups in total. The average molecular weight is 410 g/mol. The highest BCUT2D eigenvalue weighted by Gasteiger charge is 2.26. The zero-order chi connectivity index (χ0) is 20.9. The minimum atomic E-state index is -0.201. The molecule has 2 amide bonds.